The second-order valence-electron chi connectivity index (χ2n) is 3.71. The summed E-state index contributed by atoms with van der Waals surface area (Å²) in [5.41, 5.74) is 2.75. The minimum atomic E-state index is -0.384. The van der Waals surface area contributed by atoms with Gasteiger partial charge in [-0.1, -0.05) is 18.2 Å². The van der Waals surface area contributed by atoms with Gasteiger partial charge in [0.1, 0.15) is 11.8 Å². The molecule has 1 aromatic carbocycles. The Labute approximate surface area is 120 Å². The quantitative estimate of drug-likeness (QED) is 0.675. The molecule has 100 valence electrons. The molecule has 0 radical (unpaired) electrons. The summed E-state index contributed by atoms with van der Waals surface area (Å²) in [7, 11) is 0. The van der Waals surface area contributed by atoms with Gasteiger partial charge in [0.25, 0.3) is 5.91 Å². The van der Waals surface area contributed by atoms with Crippen molar-refractivity contribution in [3.63, 3.8) is 0 Å². The molecule has 6 heteroatoms. The molecule has 1 amide bonds. The molecule has 0 saturated carbocycles. The molecule has 2 rings (SSSR count). The van der Waals surface area contributed by atoms with Crippen molar-refractivity contribution in [2.45, 2.75) is 0 Å². The Morgan fingerprint density at radius 3 is 3.00 bits per heavy atom. The highest BCUT2D eigenvalue weighted by molar-refractivity contribution is 7.11. The second-order valence-corrected chi connectivity index (χ2v) is 4.68. The number of nitrogens with zero attached hydrogens (tertiary/aromatic N) is 2. The number of carbonyl (C=O) groups is 1. The molecule has 20 heavy (non-hydrogen) atoms. The summed E-state index contributed by atoms with van der Waals surface area (Å²) in [5, 5.41) is 14.6. The Hall–Kier alpha value is -2.65. The fraction of sp³-hybridized carbons (Fsp3) is 0.0714. The largest absolute Gasteiger partial charge is 0.482 e. The number of thiophene rings is 1. The summed E-state index contributed by atoms with van der Waals surface area (Å²) in [6.45, 7) is -0.194. The predicted octanol–water partition coefficient (Wildman–Crippen LogP) is 2.15. The number of para-hydroxylation sites is 1. The molecular formula is C14H11N3O2S. The van der Waals surface area contributed by atoms with E-state index in [2.05, 4.69) is 10.5 Å². The third-order valence-electron chi connectivity index (χ3n) is 2.29. The van der Waals surface area contributed by atoms with Crippen LogP contribution < -0.4 is 10.2 Å². The van der Waals surface area contributed by atoms with Gasteiger partial charge in [-0.25, -0.2) is 5.43 Å². The first-order valence-electron chi connectivity index (χ1n) is 5.77. The minimum Gasteiger partial charge on any atom is -0.482 e. The second kappa shape index (κ2) is 7.07. The molecule has 0 atom stereocenters. The van der Waals surface area contributed by atoms with Crippen molar-refractivity contribution in [2.24, 2.45) is 5.10 Å². The van der Waals surface area contributed by atoms with Crippen LogP contribution in [0.1, 0.15) is 10.4 Å². The number of rotatable bonds is 5. The molecule has 0 saturated heterocycles. The number of hydrogen-bond donors (Lipinski definition) is 1. The maximum absolute atomic E-state index is 11.5. The van der Waals surface area contributed by atoms with E-state index in [1.54, 1.807) is 30.5 Å². The van der Waals surface area contributed by atoms with E-state index in [0.29, 0.717) is 11.3 Å². The molecule has 0 aliphatic carbocycles. The molecule has 2 aromatic rings. The fourth-order valence-corrected chi connectivity index (χ4v) is 1.98. The highest BCUT2D eigenvalue weighted by atomic mass is 32.1. The molecule has 0 fully saturated rings. The normalized spacial score (nSPS) is 10.2. The highest BCUT2D eigenvalue weighted by Gasteiger charge is 2.05. The Morgan fingerprint density at radius 1 is 1.40 bits per heavy atom. The zero-order chi connectivity index (χ0) is 14.2. The number of nitriles is 1. The smallest absolute Gasteiger partial charge is 0.277 e. The summed E-state index contributed by atoms with van der Waals surface area (Å²) in [4.78, 5) is 12.5. The summed E-state index contributed by atoms with van der Waals surface area (Å²) in [6.07, 6.45) is 1.56. The Morgan fingerprint density at radius 2 is 2.25 bits per heavy atom. The van der Waals surface area contributed by atoms with Crippen LogP contribution in [0, 0.1) is 11.3 Å². The molecule has 5 nitrogen and oxygen atoms in total. The summed E-state index contributed by atoms with van der Waals surface area (Å²) >= 11 is 1.52. The van der Waals surface area contributed by atoms with Crippen molar-refractivity contribution in [2.75, 3.05) is 6.61 Å². The van der Waals surface area contributed by atoms with Crippen molar-refractivity contribution in [1.29, 1.82) is 5.26 Å². The zero-order valence-electron chi connectivity index (χ0n) is 10.4. The SMILES string of the molecule is N#Cc1ccccc1OCC(=O)N/N=C/c1cccs1. The molecular weight excluding hydrogens is 274 g/mol. The number of ether oxygens (including phenoxy) is 1. The van der Waals surface area contributed by atoms with Crippen molar-refractivity contribution < 1.29 is 9.53 Å². The van der Waals surface area contributed by atoms with E-state index in [4.69, 9.17) is 10.00 Å². The number of carbonyl (C=O) groups excluding carboxylic acids is 1. The van der Waals surface area contributed by atoms with E-state index < -0.39 is 0 Å². The van der Waals surface area contributed by atoms with Crippen LogP contribution in [0.15, 0.2) is 46.9 Å². The maximum Gasteiger partial charge on any atom is 0.277 e. The Bertz CT molecular complexity index is 645. The molecule has 0 unspecified atom stereocenters. The molecule has 1 aromatic heterocycles. The van der Waals surface area contributed by atoms with Gasteiger partial charge in [0.2, 0.25) is 0 Å². The first-order valence-corrected chi connectivity index (χ1v) is 6.65. The summed E-state index contributed by atoms with van der Waals surface area (Å²) in [5.74, 6) is -0.00191. The lowest BCUT2D eigenvalue weighted by molar-refractivity contribution is -0.123. The summed E-state index contributed by atoms with van der Waals surface area (Å²) in [6, 6.07) is 12.5. The van der Waals surface area contributed by atoms with Gasteiger partial charge >= 0.3 is 0 Å². The van der Waals surface area contributed by atoms with Crippen LogP contribution in [-0.4, -0.2) is 18.7 Å². The molecule has 1 N–H and O–H groups in total. The van der Waals surface area contributed by atoms with E-state index in [9.17, 15) is 4.79 Å². The molecule has 0 bridgehead atoms. The van der Waals surface area contributed by atoms with Gasteiger partial charge in [-0.2, -0.15) is 10.4 Å². The first kappa shape index (κ1) is 13.8. The van der Waals surface area contributed by atoms with Crippen LogP contribution in [-0.2, 0) is 4.79 Å². The van der Waals surface area contributed by atoms with Crippen molar-refractivity contribution in [3.05, 3.63) is 52.2 Å². The zero-order valence-corrected chi connectivity index (χ0v) is 11.3. The van der Waals surface area contributed by atoms with Crippen LogP contribution in [0.25, 0.3) is 0 Å². The van der Waals surface area contributed by atoms with Gasteiger partial charge in [-0.15, -0.1) is 11.3 Å². The maximum atomic E-state index is 11.5. The van der Waals surface area contributed by atoms with E-state index in [1.807, 2.05) is 23.6 Å². The van der Waals surface area contributed by atoms with Gasteiger partial charge in [-0.3, -0.25) is 4.79 Å². The molecule has 0 aliphatic heterocycles. The minimum absolute atomic E-state index is 0.194. The Kier molecular flexibility index (Phi) is 4.87. The number of nitrogens with one attached hydrogen (secondary N) is 1. The van der Waals surface area contributed by atoms with Crippen LogP contribution in [0.2, 0.25) is 0 Å². The van der Waals surface area contributed by atoms with Gasteiger partial charge in [0.15, 0.2) is 6.61 Å². The van der Waals surface area contributed by atoms with Crippen molar-refractivity contribution >= 4 is 23.5 Å². The number of amides is 1. The lowest BCUT2D eigenvalue weighted by atomic mass is 10.2. The van der Waals surface area contributed by atoms with E-state index in [-0.39, 0.29) is 12.5 Å². The molecule has 1 heterocycles. The van der Waals surface area contributed by atoms with Gasteiger partial charge in [0.05, 0.1) is 11.8 Å². The van der Waals surface area contributed by atoms with Gasteiger partial charge in [-0.05, 0) is 23.6 Å². The van der Waals surface area contributed by atoms with E-state index >= 15 is 0 Å². The van der Waals surface area contributed by atoms with E-state index in [1.165, 1.54) is 11.3 Å². The third kappa shape index (κ3) is 3.93. The predicted molar refractivity (Wildman–Crippen MR) is 76.7 cm³/mol. The lowest BCUT2D eigenvalue weighted by Crippen LogP contribution is -2.24. The number of benzene rings is 1. The van der Waals surface area contributed by atoms with Crippen LogP contribution in [0.3, 0.4) is 0 Å². The fourth-order valence-electron chi connectivity index (χ4n) is 1.39. The Balaban J connectivity index is 1.82. The van der Waals surface area contributed by atoms with Crippen LogP contribution in [0.4, 0.5) is 0 Å². The van der Waals surface area contributed by atoms with Gasteiger partial charge in [0, 0.05) is 4.88 Å². The third-order valence-corrected chi connectivity index (χ3v) is 3.10. The highest BCUT2D eigenvalue weighted by Crippen LogP contribution is 2.16. The number of hydrazone groups is 1. The molecule has 0 spiro atoms. The van der Waals surface area contributed by atoms with E-state index in [0.717, 1.165) is 4.88 Å². The lowest BCUT2D eigenvalue weighted by Gasteiger charge is -2.05. The standard InChI is InChI=1S/C14H11N3O2S/c15-8-11-4-1-2-6-13(11)19-10-14(18)17-16-9-12-5-3-7-20-12/h1-7,9H,10H2,(H,17,18)/b16-9+. The van der Waals surface area contributed by atoms with Crippen LogP contribution >= 0.6 is 11.3 Å². The van der Waals surface area contributed by atoms with Crippen LogP contribution in [0.5, 0.6) is 5.75 Å². The number of hydrogen-bond acceptors (Lipinski definition) is 5. The monoisotopic (exact) mass is 285 g/mol. The summed E-state index contributed by atoms with van der Waals surface area (Å²) < 4.78 is 5.27. The topological polar surface area (TPSA) is 74.5 Å². The first-order chi connectivity index (χ1) is 9.79. The average molecular weight is 285 g/mol. The van der Waals surface area contributed by atoms with Gasteiger partial charge < -0.3 is 4.74 Å². The average Bonchev–Trinajstić information content (AvgIpc) is 2.98. The molecule has 0 aliphatic rings. The van der Waals surface area contributed by atoms with Crippen molar-refractivity contribution in [3.8, 4) is 11.8 Å². The van der Waals surface area contributed by atoms with Crippen molar-refractivity contribution in [1.82, 2.24) is 5.43 Å².